The number of aromatic nitrogens is 1. The molecule has 126 valence electrons. The lowest BCUT2D eigenvalue weighted by Crippen LogP contribution is -2.11. The molecule has 0 fully saturated rings. The van der Waals surface area contributed by atoms with Crippen LogP contribution >= 0.6 is 27.3 Å². The molecule has 1 N–H and O–H groups in total. The third-order valence-corrected chi connectivity index (χ3v) is 4.27. The van der Waals surface area contributed by atoms with Gasteiger partial charge in [0.2, 0.25) is 5.91 Å². The number of alkyl halides is 1. The third kappa shape index (κ3) is 4.15. The second-order valence-electron chi connectivity index (χ2n) is 4.40. The number of nitro benzene ring substituents is 1. The summed E-state index contributed by atoms with van der Waals surface area (Å²) in [6, 6.07) is 5.62. The van der Waals surface area contributed by atoms with E-state index in [9.17, 15) is 19.7 Å². The number of halogens is 1. The number of esters is 1. The van der Waals surface area contributed by atoms with Crippen molar-refractivity contribution < 1.29 is 19.2 Å². The number of carbonyl (C=O) groups is 2. The molecule has 0 radical (unpaired) electrons. The molecular weight excluding hydrogens is 402 g/mol. The largest absolute Gasteiger partial charge is 0.462 e. The van der Waals surface area contributed by atoms with E-state index in [0.29, 0.717) is 11.3 Å². The summed E-state index contributed by atoms with van der Waals surface area (Å²) in [5.74, 6) is -0.878. The van der Waals surface area contributed by atoms with Gasteiger partial charge in [-0.25, -0.2) is 9.78 Å². The quantitative estimate of drug-likeness (QED) is 0.336. The molecule has 0 saturated heterocycles. The number of nitrogens with one attached hydrogen (secondary N) is 1. The van der Waals surface area contributed by atoms with E-state index < -0.39 is 10.9 Å². The molecule has 0 unspecified atom stereocenters. The number of anilines is 1. The van der Waals surface area contributed by atoms with Gasteiger partial charge in [0.05, 0.1) is 22.6 Å². The number of carbonyl (C=O) groups excluding carboxylic acids is 2. The zero-order valence-corrected chi connectivity index (χ0v) is 14.8. The van der Waals surface area contributed by atoms with E-state index in [1.165, 1.54) is 24.3 Å². The average molecular weight is 414 g/mol. The maximum Gasteiger partial charge on any atom is 0.350 e. The van der Waals surface area contributed by atoms with Gasteiger partial charge in [-0.3, -0.25) is 14.9 Å². The van der Waals surface area contributed by atoms with Crippen molar-refractivity contribution in [3.05, 3.63) is 39.3 Å². The first-order chi connectivity index (χ1) is 11.5. The molecule has 1 aromatic heterocycles. The molecule has 0 spiro atoms. The molecule has 1 aromatic carbocycles. The normalized spacial score (nSPS) is 10.2. The highest BCUT2D eigenvalue weighted by atomic mass is 79.9. The van der Waals surface area contributed by atoms with Crippen molar-refractivity contribution in [2.24, 2.45) is 0 Å². The molecule has 0 aliphatic rings. The Bertz CT molecular complexity index is 775. The van der Waals surface area contributed by atoms with Gasteiger partial charge in [0.1, 0.15) is 4.88 Å². The summed E-state index contributed by atoms with van der Waals surface area (Å²) in [6.45, 7) is 1.87. The van der Waals surface area contributed by atoms with Crippen LogP contribution in [0, 0.1) is 10.1 Å². The van der Waals surface area contributed by atoms with Crippen molar-refractivity contribution in [2.45, 2.75) is 6.92 Å². The molecule has 0 saturated carbocycles. The van der Waals surface area contributed by atoms with E-state index in [4.69, 9.17) is 4.74 Å². The monoisotopic (exact) mass is 413 g/mol. The van der Waals surface area contributed by atoms with Crippen molar-refractivity contribution in [1.82, 2.24) is 4.98 Å². The van der Waals surface area contributed by atoms with Crippen molar-refractivity contribution >= 4 is 50.0 Å². The Hall–Kier alpha value is -2.33. The van der Waals surface area contributed by atoms with Gasteiger partial charge in [-0.15, -0.1) is 0 Å². The zero-order chi connectivity index (χ0) is 17.7. The Morgan fingerprint density at radius 3 is 2.58 bits per heavy atom. The molecule has 0 atom stereocenters. The van der Waals surface area contributed by atoms with Crippen LogP contribution in [0.15, 0.2) is 24.3 Å². The summed E-state index contributed by atoms with van der Waals surface area (Å²) in [7, 11) is 0. The van der Waals surface area contributed by atoms with Crippen LogP contribution in [0.1, 0.15) is 16.6 Å². The number of ether oxygens (including phenoxy) is 1. The Kier molecular flexibility index (Phi) is 5.99. The number of hydrogen-bond donors (Lipinski definition) is 1. The molecule has 1 heterocycles. The van der Waals surface area contributed by atoms with Gasteiger partial charge in [0.15, 0.2) is 5.13 Å². The number of amides is 1. The fourth-order valence-electron chi connectivity index (χ4n) is 1.80. The highest BCUT2D eigenvalue weighted by Gasteiger charge is 2.22. The molecule has 24 heavy (non-hydrogen) atoms. The molecule has 0 aliphatic heterocycles. The smallest absolute Gasteiger partial charge is 0.350 e. The maximum absolute atomic E-state index is 12.1. The highest BCUT2D eigenvalue weighted by Crippen LogP contribution is 2.32. The van der Waals surface area contributed by atoms with Crippen LogP contribution in [0.3, 0.4) is 0 Å². The van der Waals surface area contributed by atoms with Gasteiger partial charge < -0.3 is 10.1 Å². The first kappa shape index (κ1) is 18.0. The summed E-state index contributed by atoms with van der Waals surface area (Å²) in [5.41, 5.74) is 0.747. The van der Waals surface area contributed by atoms with Crippen molar-refractivity contribution in [3.63, 3.8) is 0 Å². The number of hydrogen-bond acceptors (Lipinski definition) is 7. The minimum Gasteiger partial charge on any atom is -0.462 e. The van der Waals surface area contributed by atoms with E-state index in [2.05, 4.69) is 26.2 Å². The minimum atomic E-state index is -0.567. The minimum absolute atomic E-state index is 0.0699. The Morgan fingerprint density at radius 2 is 2.04 bits per heavy atom. The summed E-state index contributed by atoms with van der Waals surface area (Å²) in [5, 5.41) is 13.6. The second-order valence-corrected chi connectivity index (χ2v) is 5.96. The van der Waals surface area contributed by atoms with E-state index >= 15 is 0 Å². The average Bonchev–Trinajstić information content (AvgIpc) is 2.99. The standard InChI is InChI=1S/C14H12BrN3O5S/c1-2-23-13(20)12-11(17-14(24-12)16-10(19)7-15)8-3-5-9(6-4-8)18(21)22/h3-6H,2,7H2,1H3,(H,16,17,19). The van der Waals surface area contributed by atoms with Gasteiger partial charge in [-0.05, 0) is 19.1 Å². The second kappa shape index (κ2) is 7.97. The number of thiazole rings is 1. The number of rotatable bonds is 6. The van der Waals surface area contributed by atoms with Crippen LogP contribution in [0.2, 0.25) is 0 Å². The van der Waals surface area contributed by atoms with Gasteiger partial charge >= 0.3 is 5.97 Å². The molecular formula is C14H12BrN3O5S. The molecule has 2 aromatic rings. The molecule has 2 rings (SSSR count). The number of non-ortho nitro benzene ring substituents is 1. The molecule has 0 aliphatic carbocycles. The van der Waals surface area contributed by atoms with Gasteiger partial charge in [0, 0.05) is 17.7 Å². The predicted molar refractivity (Wildman–Crippen MR) is 92.6 cm³/mol. The van der Waals surface area contributed by atoms with E-state index in [1.807, 2.05) is 0 Å². The Balaban J connectivity index is 2.43. The molecule has 8 nitrogen and oxygen atoms in total. The lowest BCUT2D eigenvalue weighted by molar-refractivity contribution is -0.384. The van der Waals surface area contributed by atoms with Crippen molar-refractivity contribution in [2.75, 3.05) is 17.3 Å². The number of nitro groups is 1. The van der Waals surface area contributed by atoms with E-state index in [-0.39, 0.29) is 33.5 Å². The lowest BCUT2D eigenvalue weighted by atomic mass is 10.1. The predicted octanol–water partition coefficient (Wildman–Crippen LogP) is 3.23. The zero-order valence-electron chi connectivity index (χ0n) is 12.4. The molecule has 10 heteroatoms. The first-order valence-electron chi connectivity index (χ1n) is 6.74. The fraction of sp³-hybridized carbons (Fsp3) is 0.214. The van der Waals surface area contributed by atoms with Crippen LogP contribution in [-0.4, -0.2) is 33.7 Å². The van der Waals surface area contributed by atoms with Crippen LogP contribution in [0.25, 0.3) is 11.3 Å². The van der Waals surface area contributed by atoms with Crippen LogP contribution in [-0.2, 0) is 9.53 Å². The van der Waals surface area contributed by atoms with E-state index in [0.717, 1.165) is 11.3 Å². The molecule has 0 bridgehead atoms. The SMILES string of the molecule is CCOC(=O)c1sc(NC(=O)CBr)nc1-c1ccc([N+](=O)[O-])cc1. The van der Waals surface area contributed by atoms with Crippen LogP contribution in [0.4, 0.5) is 10.8 Å². The third-order valence-electron chi connectivity index (χ3n) is 2.81. The topological polar surface area (TPSA) is 111 Å². The summed E-state index contributed by atoms with van der Waals surface area (Å²) in [4.78, 5) is 38.2. The lowest BCUT2D eigenvalue weighted by Gasteiger charge is -2.02. The number of nitrogens with zero attached hydrogens (tertiary/aromatic N) is 2. The first-order valence-corrected chi connectivity index (χ1v) is 8.68. The van der Waals surface area contributed by atoms with Crippen LogP contribution in [0.5, 0.6) is 0 Å². The van der Waals surface area contributed by atoms with Gasteiger partial charge in [-0.1, -0.05) is 27.3 Å². The van der Waals surface area contributed by atoms with Crippen LogP contribution < -0.4 is 5.32 Å². The Labute approximate surface area is 149 Å². The molecule has 1 amide bonds. The summed E-state index contributed by atoms with van der Waals surface area (Å²) >= 11 is 4.01. The van der Waals surface area contributed by atoms with Gasteiger partial charge in [0.25, 0.3) is 5.69 Å². The fourth-order valence-corrected chi connectivity index (χ4v) is 2.84. The summed E-state index contributed by atoms with van der Waals surface area (Å²) < 4.78 is 5.00. The maximum atomic E-state index is 12.1. The Morgan fingerprint density at radius 1 is 1.38 bits per heavy atom. The number of benzene rings is 1. The van der Waals surface area contributed by atoms with Gasteiger partial charge in [-0.2, -0.15) is 0 Å². The van der Waals surface area contributed by atoms with Crippen molar-refractivity contribution in [3.8, 4) is 11.3 Å². The van der Waals surface area contributed by atoms with E-state index in [1.54, 1.807) is 6.92 Å². The van der Waals surface area contributed by atoms with Crippen molar-refractivity contribution in [1.29, 1.82) is 0 Å². The highest BCUT2D eigenvalue weighted by molar-refractivity contribution is 9.09. The summed E-state index contributed by atoms with van der Waals surface area (Å²) in [6.07, 6.45) is 0.